The second-order valence-electron chi connectivity index (χ2n) is 5.06. The standard InChI is InChI=1S/C13H22O4S/c1-9-4-3-5-12(6-9)17-7-11(13(15)16)8-18-10(2)14/h9,11-12H,3-8H2,1-2H3,(H,15,16). The number of thioether (sulfide) groups is 1. The molecule has 1 rings (SSSR count). The Labute approximate surface area is 112 Å². The number of rotatable bonds is 6. The quantitative estimate of drug-likeness (QED) is 0.806. The number of hydrogen-bond donors (Lipinski definition) is 1. The highest BCUT2D eigenvalue weighted by Crippen LogP contribution is 2.26. The molecule has 0 aromatic rings. The largest absolute Gasteiger partial charge is 0.481 e. The number of aliphatic carboxylic acids is 1. The molecular weight excluding hydrogens is 252 g/mol. The summed E-state index contributed by atoms with van der Waals surface area (Å²) in [5.41, 5.74) is 0. The van der Waals surface area contributed by atoms with E-state index in [1.165, 1.54) is 13.3 Å². The fourth-order valence-electron chi connectivity index (χ4n) is 2.19. The monoisotopic (exact) mass is 274 g/mol. The molecule has 18 heavy (non-hydrogen) atoms. The SMILES string of the molecule is CC(=O)SCC(COC1CCCC(C)C1)C(=O)O. The molecule has 1 N–H and O–H groups in total. The second kappa shape index (κ2) is 7.79. The average molecular weight is 274 g/mol. The summed E-state index contributed by atoms with van der Waals surface area (Å²) in [5, 5.41) is 9.01. The molecule has 104 valence electrons. The van der Waals surface area contributed by atoms with Gasteiger partial charge in [0.1, 0.15) is 0 Å². The number of carbonyl (C=O) groups excluding carboxylic acids is 1. The third kappa shape index (κ3) is 5.87. The molecule has 0 spiro atoms. The van der Waals surface area contributed by atoms with Gasteiger partial charge in [-0.05, 0) is 18.8 Å². The van der Waals surface area contributed by atoms with Gasteiger partial charge in [-0.2, -0.15) is 0 Å². The van der Waals surface area contributed by atoms with Crippen LogP contribution in [0.5, 0.6) is 0 Å². The van der Waals surface area contributed by atoms with Crippen LogP contribution in [-0.4, -0.2) is 34.7 Å². The zero-order chi connectivity index (χ0) is 13.5. The molecule has 0 aromatic carbocycles. The minimum absolute atomic E-state index is 0.0486. The minimum atomic E-state index is -0.882. The molecule has 1 fully saturated rings. The molecule has 0 radical (unpaired) electrons. The van der Waals surface area contributed by atoms with Gasteiger partial charge in [0.25, 0.3) is 0 Å². The zero-order valence-electron chi connectivity index (χ0n) is 11.1. The lowest BCUT2D eigenvalue weighted by Crippen LogP contribution is -2.28. The van der Waals surface area contributed by atoms with Crippen LogP contribution in [0.15, 0.2) is 0 Å². The zero-order valence-corrected chi connectivity index (χ0v) is 11.9. The summed E-state index contributed by atoms with van der Waals surface area (Å²) in [6.07, 6.45) is 4.63. The van der Waals surface area contributed by atoms with Crippen LogP contribution in [-0.2, 0) is 14.3 Å². The van der Waals surface area contributed by atoms with Gasteiger partial charge in [-0.25, -0.2) is 0 Å². The van der Waals surface area contributed by atoms with Crippen LogP contribution in [0.3, 0.4) is 0 Å². The highest BCUT2D eigenvalue weighted by Gasteiger charge is 2.23. The lowest BCUT2D eigenvalue weighted by atomic mass is 9.89. The Morgan fingerprint density at radius 1 is 1.44 bits per heavy atom. The van der Waals surface area contributed by atoms with E-state index in [-0.39, 0.29) is 17.8 Å². The molecule has 1 saturated carbocycles. The van der Waals surface area contributed by atoms with Crippen molar-refractivity contribution in [3.8, 4) is 0 Å². The van der Waals surface area contributed by atoms with Crippen molar-refractivity contribution >= 4 is 22.8 Å². The molecule has 3 unspecified atom stereocenters. The van der Waals surface area contributed by atoms with Gasteiger partial charge in [0.15, 0.2) is 5.12 Å². The average Bonchev–Trinajstić information content (AvgIpc) is 2.28. The minimum Gasteiger partial charge on any atom is -0.481 e. The maximum absolute atomic E-state index is 11.0. The first kappa shape index (κ1) is 15.5. The van der Waals surface area contributed by atoms with Gasteiger partial charge in [0.2, 0.25) is 0 Å². The Balaban J connectivity index is 2.32. The highest BCUT2D eigenvalue weighted by molar-refractivity contribution is 8.13. The number of hydrogen-bond acceptors (Lipinski definition) is 4. The summed E-state index contributed by atoms with van der Waals surface area (Å²) in [7, 11) is 0. The lowest BCUT2D eigenvalue weighted by Gasteiger charge is -2.27. The Morgan fingerprint density at radius 3 is 2.72 bits per heavy atom. The highest BCUT2D eigenvalue weighted by atomic mass is 32.2. The molecule has 3 atom stereocenters. The molecular formula is C13H22O4S. The molecule has 0 aliphatic heterocycles. The van der Waals surface area contributed by atoms with Crippen molar-refractivity contribution in [2.24, 2.45) is 11.8 Å². The molecule has 4 nitrogen and oxygen atoms in total. The van der Waals surface area contributed by atoms with E-state index in [1.807, 2.05) is 0 Å². The summed E-state index contributed by atoms with van der Waals surface area (Å²) in [4.78, 5) is 21.9. The topological polar surface area (TPSA) is 63.6 Å². The fourth-order valence-corrected chi connectivity index (χ4v) is 2.87. The Bertz CT molecular complexity index is 293. The second-order valence-corrected chi connectivity index (χ2v) is 6.26. The maximum Gasteiger partial charge on any atom is 0.309 e. The summed E-state index contributed by atoms with van der Waals surface area (Å²) in [5.74, 6) is -0.505. The normalized spacial score (nSPS) is 25.7. The smallest absolute Gasteiger partial charge is 0.309 e. The summed E-state index contributed by atoms with van der Waals surface area (Å²) in [6, 6.07) is 0. The van der Waals surface area contributed by atoms with Crippen molar-refractivity contribution in [2.75, 3.05) is 12.4 Å². The lowest BCUT2D eigenvalue weighted by molar-refractivity contribution is -0.144. The summed E-state index contributed by atoms with van der Waals surface area (Å²) >= 11 is 1.06. The molecule has 1 aliphatic rings. The van der Waals surface area contributed by atoms with Crippen LogP contribution in [0.2, 0.25) is 0 Å². The van der Waals surface area contributed by atoms with E-state index >= 15 is 0 Å². The molecule has 0 amide bonds. The molecule has 5 heteroatoms. The fraction of sp³-hybridized carbons (Fsp3) is 0.846. The van der Waals surface area contributed by atoms with Crippen LogP contribution in [0.4, 0.5) is 0 Å². The third-order valence-electron chi connectivity index (χ3n) is 3.26. The molecule has 0 aromatic heterocycles. The Kier molecular flexibility index (Phi) is 6.71. The summed E-state index contributed by atoms with van der Waals surface area (Å²) in [6.45, 7) is 3.87. The Hall–Kier alpha value is -0.550. The van der Waals surface area contributed by atoms with E-state index in [1.54, 1.807) is 0 Å². The van der Waals surface area contributed by atoms with Crippen LogP contribution >= 0.6 is 11.8 Å². The molecule has 0 heterocycles. The molecule has 0 saturated heterocycles. The predicted molar refractivity (Wildman–Crippen MR) is 71.6 cm³/mol. The number of carbonyl (C=O) groups is 2. The third-order valence-corrected chi connectivity index (χ3v) is 4.23. The molecule has 1 aliphatic carbocycles. The van der Waals surface area contributed by atoms with Crippen molar-refractivity contribution in [2.45, 2.75) is 45.6 Å². The first-order chi connectivity index (χ1) is 8.49. The first-order valence-corrected chi connectivity index (χ1v) is 7.45. The van der Waals surface area contributed by atoms with Gasteiger partial charge in [-0.1, -0.05) is 31.5 Å². The van der Waals surface area contributed by atoms with Gasteiger partial charge in [-0.3, -0.25) is 9.59 Å². The van der Waals surface area contributed by atoms with Crippen molar-refractivity contribution < 1.29 is 19.4 Å². The number of ether oxygens (including phenoxy) is 1. The van der Waals surface area contributed by atoms with Crippen LogP contribution in [0.1, 0.15) is 39.5 Å². The van der Waals surface area contributed by atoms with E-state index in [0.717, 1.165) is 31.0 Å². The molecule has 0 bridgehead atoms. The van der Waals surface area contributed by atoms with E-state index < -0.39 is 11.9 Å². The van der Waals surface area contributed by atoms with Gasteiger partial charge in [0, 0.05) is 12.7 Å². The van der Waals surface area contributed by atoms with E-state index in [2.05, 4.69) is 6.92 Å². The summed E-state index contributed by atoms with van der Waals surface area (Å²) < 4.78 is 5.70. The Morgan fingerprint density at radius 2 is 2.17 bits per heavy atom. The van der Waals surface area contributed by atoms with Crippen molar-refractivity contribution in [3.05, 3.63) is 0 Å². The first-order valence-electron chi connectivity index (χ1n) is 6.46. The van der Waals surface area contributed by atoms with Gasteiger partial charge >= 0.3 is 5.97 Å². The number of carboxylic acid groups (broad SMARTS) is 1. The van der Waals surface area contributed by atoms with E-state index in [4.69, 9.17) is 9.84 Å². The van der Waals surface area contributed by atoms with Crippen molar-refractivity contribution in [1.82, 2.24) is 0 Å². The van der Waals surface area contributed by atoms with Crippen LogP contribution < -0.4 is 0 Å². The van der Waals surface area contributed by atoms with Gasteiger partial charge < -0.3 is 9.84 Å². The van der Waals surface area contributed by atoms with Crippen molar-refractivity contribution in [1.29, 1.82) is 0 Å². The maximum atomic E-state index is 11.0. The van der Waals surface area contributed by atoms with Crippen LogP contribution in [0.25, 0.3) is 0 Å². The van der Waals surface area contributed by atoms with Gasteiger partial charge in [0.05, 0.1) is 18.6 Å². The van der Waals surface area contributed by atoms with Crippen molar-refractivity contribution in [3.63, 3.8) is 0 Å². The van der Waals surface area contributed by atoms with E-state index in [9.17, 15) is 9.59 Å². The van der Waals surface area contributed by atoms with Crippen LogP contribution in [0, 0.1) is 11.8 Å². The van der Waals surface area contributed by atoms with E-state index in [0.29, 0.717) is 11.7 Å². The van der Waals surface area contributed by atoms with Gasteiger partial charge in [-0.15, -0.1) is 0 Å². The predicted octanol–water partition coefficient (Wildman–Crippen LogP) is 2.56. The number of carboxylic acids is 1.